The molecule has 2 N–H and O–H groups in total. The predicted octanol–water partition coefficient (Wildman–Crippen LogP) is 1.90. The van der Waals surface area contributed by atoms with Crippen LogP contribution < -0.4 is 10.1 Å². The number of rotatable bonds is 3. The zero-order valence-corrected chi connectivity index (χ0v) is 13.9. The highest BCUT2D eigenvalue weighted by Gasteiger charge is 2.37. The standard InChI is InChI=1S/C17H24FN3O3/c1-24-16-9-12(5-6-13(16)18)19-17(23)21-10-14(15(22)11-21)20-7-3-2-4-8-20/h5-6,9,14-15,22H,2-4,7-8,10-11H2,1H3,(H,19,23). The summed E-state index contributed by atoms with van der Waals surface area (Å²) in [4.78, 5) is 16.3. The number of aliphatic hydroxyl groups is 1. The molecular formula is C17H24FN3O3. The van der Waals surface area contributed by atoms with Crippen molar-refractivity contribution in [2.75, 3.05) is 38.6 Å². The molecule has 2 aliphatic rings. The van der Waals surface area contributed by atoms with Crippen LogP contribution in [0.4, 0.5) is 14.9 Å². The van der Waals surface area contributed by atoms with Crippen molar-refractivity contribution in [3.05, 3.63) is 24.0 Å². The number of aliphatic hydroxyl groups excluding tert-OH is 1. The second kappa shape index (κ2) is 7.36. The number of benzene rings is 1. The average molecular weight is 337 g/mol. The molecule has 132 valence electrons. The number of methoxy groups -OCH3 is 1. The topological polar surface area (TPSA) is 65.0 Å². The molecule has 0 aromatic heterocycles. The van der Waals surface area contributed by atoms with Crippen LogP contribution in [0.1, 0.15) is 19.3 Å². The minimum Gasteiger partial charge on any atom is -0.494 e. The van der Waals surface area contributed by atoms with E-state index < -0.39 is 11.9 Å². The van der Waals surface area contributed by atoms with Gasteiger partial charge < -0.3 is 20.1 Å². The Morgan fingerprint density at radius 2 is 2.04 bits per heavy atom. The molecule has 3 rings (SSSR count). The molecule has 2 saturated heterocycles. The van der Waals surface area contributed by atoms with E-state index >= 15 is 0 Å². The maximum absolute atomic E-state index is 13.4. The number of urea groups is 1. The van der Waals surface area contributed by atoms with Gasteiger partial charge in [-0.05, 0) is 38.1 Å². The number of ether oxygens (including phenoxy) is 1. The summed E-state index contributed by atoms with van der Waals surface area (Å²) in [5.74, 6) is -0.391. The highest BCUT2D eigenvalue weighted by atomic mass is 19.1. The molecule has 2 aliphatic heterocycles. The summed E-state index contributed by atoms with van der Waals surface area (Å²) in [6, 6.07) is 3.90. The number of carbonyl (C=O) groups is 1. The van der Waals surface area contributed by atoms with Gasteiger partial charge in [0.2, 0.25) is 0 Å². The monoisotopic (exact) mass is 337 g/mol. The Bertz CT molecular complexity index is 592. The van der Waals surface area contributed by atoms with E-state index in [9.17, 15) is 14.3 Å². The molecule has 2 heterocycles. The predicted molar refractivity (Wildman–Crippen MR) is 88.8 cm³/mol. The Morgan fingerprint density at radius 1 is 1.29 bits per heavy atom. The summed E-state index contributed by atoms with van der Waals surface area (Å²) in [7, 11) is 1.38. The van der Waals surface area contributed by atoms with E-state index in [1.165, 1.54) is 31.7 Å². The van der Waals surface area contributed by atoms with Crippen molar-refractivity contribution in [2.45, 2.75) is 31.4 Å². The second-order valence-corrected chi connectivity index (χ2v) is 6.42. The number of amides is 2. The maximum atomic E-state index is 13.4. The van der Waals surface area contributed by atoms with Gasteiger partial charge in [0.05, 0.1) is 25.8 Å². The summed E-state index contributed by atoms with van der Waals surface area (Å²) in [5.41, 5.74) is 0.467. The van der Waals surface area contributed by atoms with Crippen LogP contribution in [-0.4, -0.2) is 66.4 Å². The number of carbonyl (C=O) groups excluding carboxylic acids is 1. The quantitative estimate of drug-likeness (QED) is 0.884. The summed E-state index contributed by atoms with van der Waals surface area (Å²) in [6.07, 6.45) is 2.99. The Balaban J connectivity index is 1.61. The van der Waals surface area contributed by atoms with Gasteiger partial charge >= 0.3 is 6.03 Å². The molecule has 2 amide bonds. The Labute approximate surface area is 141 Å². The summed E-state index contributed by atoms with van der Waals surface area (Å²) < 4.78 is 18.3. The largest absolute Gasteiger partial charge is 0.494 e. The molecule has 2 unspecified atom stereocenters. The molecule has 0 aliphatic carbocycles. The fourth-order valence-corrected chi connectivity index (χ4v) is 3.48. The molecule has 0 bridgehead atoms. The normalized spacial score (nSPS) is 24.9. The first kappa shape index (κ1) is 17.0. The molecule has 1 aromatic carbocycles. The maximum Gasteiger partial charge on any atom is 0.321 e. The van der Waals surface area contributed by atoms with Crippen molar-refractivity contribution in [3.63, 3.8) is 0 Å². The third kappa shape index (κ3) is 3.62. The minimum atomic E-state index is -0.531. The number of hydrogen-bond donors (Lipinski definition) is 2. The van der Waals surface area contributed by atoms with E-state index in [4.69, 9.17) is 4.74 Å². The van der Waals surface area contributed by atoms with Crippen LogP contribution in [-0.2, 0) is 0 Å². The lowest BCUT2D eigenvalue weighted by atomic mass is 10.1. The highest BCUT2D eigenvalue weighted by Crippen LogP contribution is 2.24. The van der Waals surface area contributed by atoms with Gasteiger partial charge in [0.25, 0.3) is 0 Å². The fourth-order valence-electron chi connectivity index (χ4n) is 3.48. The molecular weight excluding hydrogens is 313 g/mol. The van der Waals surface area contributed by atoms with Gasteiger partial charge in [0.15, 0.2) is 11.6 Å². The fraction of sp³-hybridized carbons (Fsp3) is 0.588. The van der Waals surface area contributed by atoms with Gasteiger partial charge in [-0.1, -0.05) is 6.42 Å². The molecule has 7 heteroatoms. The van der Waals surface area contributed by atoms with E-state index in [0.29, 0.717) is 18.8 Å². The van der Waals surface area contributed by atoms with Gasteiger partial charge in [0, 0.05) is 18.3 Å². The SMILES string of the molecule is COc1cc(NC(=O)N2CC(O)C(N3CCCCC3)C2)ccc1F. The molecule has 0 spiro atoms. The van der Waals surface area contributed by atoms with Crippen molar-refractivity contribution in [1.29, 1.82) is 0 Å². The van der Waals surface area contributed by atoms with E-state index in [1.807, 2.05) is 0 Å². The summed E-state index contributed by atoms with van der Waals surface area (Å²) >= 11 is 0. The van der Waals surface area contributed by atoms with Crippen LogP contribution in [0.25, 0.3) is 0 Å². The Morgan fingerprint density at radius 3 is 2.75 bits per heavy atom. The number of nitrogens with one attached hydrogen (secondary N) is 1. The van der Waals surface area contributed by atoms with E-state index in [1.54, 1.807) is 4.90 Å². The summed E-state index contributed by atoms with van der Waals surface area (Å²) in [6.45, 7) is 2.77. The first-order chi connectivity index (χ1) is 11.6. The van der Waals surface area contributed by atoms with E-state index in [-0.39, 0.29) is 17.8 Å². The molecule has 0 saturated carbocycles. The number of halogens is 1. The zero-order valence-electron chi connectivity index (χ0n) is 13.9. The van der Waals surface area contributed by atoms with Crippen molar-refractivity contribution >= 4 is 11.7 Å². The molecule has 0 radical (unpaired) electrons. The first-order valence-corrected chi connectivity index (χ1v) is 8.40. The van der Waals surface area contributed by atoms with Crippen molar-refractivity contribution in [1.82, 2.24) is 9.80 Å². The number of likely N-dealkylation sites (tertiary alicyclic amines) is 2. The molecule has 1 aromatic rings. The molecule has 2 fully saturated rings. The van der Waals surface area contributed by atoms with Crippen LogP contribution in [0.3, 0.4) is 0 Å². The zero-order chi connectivity index (χ0) is 17.1. The van der Waals surface area contributed by atoms with Crippen molar-refractivity contribution < 1.29 is 19.0 Å². The Kier molecular flexibility index (Phi) is 5.20. The average Bonchev–Trinajstić information content (AvgIpc) is 2.99. The lowest BCUT2D eigenvalue weighted by Crippen LogP contribution is -2.46. The number of hydrogen-bond acceptors (Lipinski definition) is 4. The second-order valence-electron chi connectivity index (χ2n) is 6.42. The van der Waals surface area contributed by atoms with Crippen LogP contribution in [0.15, 0.2) is 18.2 Å². The molecule has 6 nitrogen and oxygen atoms in total. The van der Waals surface area contributed by atoms with Crippen LogP contribution in [0.5, 0.6) is 5.75 Å². The smallest absolute Gasteiger partial charge is 0.321 e. The number of nitrogens with zero attached hydrogens (tertiary/aromatic N) is 2. The molecule has 24 heavy (non-hydrogen) atoms. The Hall–Kier alpha value is -1.86. The summed E-state index contributed by atoms with van der Waals surface area (Å²) in [5, 5.41) is 13.1. The third-order valence-corrected chi connectivity index (χ3v) is 4.81. The third-order valence-electron chi connectivity index (χ3n) is 4.81. The number of anilines is 1. The van der Waals surface area contributed by atoms with E-state index in [2.05, 4.69) is 10.2 Å². The van der Waals surface area contributed by atoms with Crippen molar-refractivity contribution in [3.8, 4) is 5.75 Å². The first-order valence-electron chi connectivity index (χ1n) is 8.40. The highest BCUT2D eigenvalue weighted by molar-refractivity contribution is 5.89. The number of piperidine rings is 1. The van der Waals surface area contributed by atoms with Gasteiger partial charge in [-0.15, -0.1) is 0 Å². The lowest BCUT2D eigenvalue weighted by Gasteiger charge is -2.33. The van der Waals surface area contributed by atoms with Gasteiger partial charge in [0.1, 0.15) is 0 Å². The minimum absolute atomic E-state index is 0.00111. The van der Waals surface area contributed by atoms with Crippen LogP contribution in [0.2, 0.25) is 0 Å². The van der Waals surface area contributed by atoms with Gasteiger partial charge in [-0.3, -0.25) is 4.90 Å². The van der Waals surface area contributed by atoms with Crippen LogP contribution in [0, 0.1) is 5.82 Å². The molecule has 2 atom stereocenters. The van der Waals surface area contributed by atoms with Crippen LogP contribution >= 0.6 is 0 Å². The van der Waals surface area contributed by atoms with E-state index in [0.717, 1.165) is 25.9 Å². The number of β-amino-alcohol motifs (C(OH)–C–C–N with tert-alkyl or cyclic N) is 1. The van der Waals surface area contributed by atoms with Gasteiger partial charge in [-0.2, -0.15) is 0 Å². The van der Waals surface area contributed by atoms with Crippen molar-refractivity contribution in [2.24, 2.45) is 0 Å². The van der Waals surface area contributed by atoms with Gasteiger partial charge in [-0.25, -0.2) is 9.18 Å². The lowest BCUT2D eigenvalue weighted by molar-refractivity contribution is 0.0706.